The molecule has 0 aliphatic heterocycles. The van der Waals surface area contributed by atoms with Crippen LogP contribution in [0.1, 0.15) is 39.2 Å². The number of benzene rings is 1. The van der Waals surface area contributed by atoms with Crippen molar-refractivity contribution in [3.63, 3.8) is 0 Å². The number of aromatic hydroxyl groups is 1. The van der Waals surface area contributed by atoms with E-state index in [-0.39, 0.29) is 24.2 Å². The Labute approximate surface area is 132 Å². The lowest BCUT2D eigenvalue weighted by Gasteiger charge is -2.29. The number of rotatable bonds is 8. The second-order valence-corrected chi connectivity index (χ2v) is 6.05. The van der Waals surface area contributed by atoms with Gasteiger partial charge in [-0.05, 0) is 43.4 Å². The Bertz CT molecular complexity index is 457. The molecular formula is C17H28N2O3. The number of aryl methyl sites for hydroxylation is 1. The molecule has 2 amide bonds. The first kappa shape index (κ1) is 18.3. The highest BCUT2D eigenvalue weighted by atomic mass is 16.3. The van der Waals surface area contributed by atoms with Crippen LogP contribution in [0.15, 0.2) is 24.3 Å². The molecule has 0 radical (unpaired) electrons. The molecule has 0 saturated heterocycles. The van der Waals surface area contributed by atoms with Crippen LogP contribution < -0.4 is 10.6 Å². The zero-order valence-corrected chi connectivity index (χ0v) is 13.7. The largest absolute Gasteiger partial charge is 0.508 e. The Hall–Kier alpha value is -1.75. The van der Waals surface area contributed by atoms with E-state index in [1.165, 1.54) is 0 Å². The third kappa shape index (κ3) is 6.35. The maximum Gasteiger partial charge on any atom is 0.314 e. The summed E-state index contributed by atoms with van der Waals surface area (Å²) in [6.45, 7) is 6.54. The maximum absolute atomic E-state index is 11.7. The van der Waals surface area contributed by atoms with E-state index in [0.29, 0.717) is 6.54 Å². The van der Waals surface area contributed by atoms with Gasteiger partial charge in [0.1, 0.15) is 5.75 Å². The standard InChI is InChI=1S/C17H28N2O3/c1-4-13(2)17(3,22)12-19-16(21)18-11-5-6-14-7-9-15(20)10-8-14/h7-10,13,20,22H,4-6,11-12H2,1-3H3,(H2,18,19,21). The molecule has 1 aromatic rings. The van der Waals surface area contributed by atoms with E-state index < -0.39 is 5.60 Å². The Balaban J connectivity index is 2.19. The molecule has 22 heavy (non-hydrogen) atoms. The minimum atomic E-state index is -0.891. The lowest BCUT2D eigenvalue weighted by Crippen LogP contribution is -2.48. The average molecular weight is 308 g/mol. The summed E-state index contributed by atoms with van der Waals surface area (Å²) in [4.78, 5) is 11.7. The first-order chi connectivity index (χ1) is 10.3. The number of nitrogens with one attached hydrogen (secondary N) is 2. The molecule has 4 N–H and O–H groups in total. The van der Waals surface area contributed by atoms with Gasteiger partial charge in [-0.3, -0.25) is 0 Å². The predicted molar refractivity (Wildman–Crippen MR) is 87.9 cm³/mol. The fraction of sp³-hybridized carbons (Fsp3) is 0.588. The number of carbonyl (C=O) groups excluding carboxylic acids is 1. The van der Waals surface area contributed by atoms with Crippen molar-refractivity contribution in [2.75, 3.05) is 13.1 Å². The molecule has 0 spiro atoms. The molecule has 0 bridgehead atoms. The van der Waals surface area contributed by atoms with E-state index in [1.807, 2.05) is 26.0 Å². The molecule has 0 aliphatic rings. The Morgan fingerprint density at radius 3 is 2.50 bits per heavy atom. The molecule has 5 heteroatoms. The van der Waals surface area contributed by atoms with Gasteiger partial charge in [0.15, 0.2) is 0 Å². The number of hydrogen-bond donors (Lipinski definition) is 4. The zero-order valence-electron chi connectivity index (χ0n) is 13.7. The van der Waals surface area contributed by atoms with Gasteiger partial charge in [-0.2, -0.15) is 0 Å². The van der Waals surface area contributed by atoms with Crippen molar-refractivity contribution in [3.8, 4) is 5.75 Å². The first-order valence-corrected chi connectivity index (χ1v) is 7.87. The summed E-state index contributed by atoms with van der Waals surface area (Å²) < 4.78 is 0. The van der Waals surface area contributed by atoms with E-state index in [4.69, 9.17) is 0 Å². The van der Waals surface area contributed by atoms with Crippen LogP contribution in [0.25, 0.3) is 0 Å². The Morgan fingerprint density at radius 1 is 1.27 bits per heavy atom. The third-order valence-electron chi connectivity index (χ3n) is 4.14. The average Bonchev–Trinajstić information content (AvgIpc) is 2.50. The summed E-state index contributed by atoms with van der Waals surface area (Å²) in [7, 11) is 0. The summed E-state index contributed by atoms with van der Waals surface area (Å²) in [5, 5.41) is 24.9. The van der Waals surface area contributed by atoms with Crippen LogP contribution in [0.5, 0.6) is 5.75 Å². The highest BCUT2D eigenvalue weighted by molar-refractivity contribution is 5.73. The number of hydrogen-bond acceptors (Lipinski definition) is 3. The summed E-state index contributed by atoms with van der Waals surface area (Å²) in [6, 6.07) is 6.81. The van der Waals surface area contributed by atoms with E-state index in [2.05, 4.69) is 10.6 Å². The minimum absolute atomic E-state index is 0.127. The van der Waals surface area contributed by atoms with Crippen molar-refractivity contribution in [2.24, 2.45) is 5.92 Å². The fourth-order valence-electron chi connectivity index (χ4n) is 2.09. The summed E-state index contributed by atoms with van der Waals surface area (Å²) in [5.41, 5.74) is 0.234. The summed E-state index contributed by atoms with van der Waals surface area (Å²) in [6.07, 6.45) is 2.52. The van der Waals surface area contributed by atoms with Crippen LogP contribution in [0.4, 0.5) is 4.79 Å². The molecular weight excluding hydrogens is 280 g/mol. The van der Waals surface area contributed by atoms with Gasteiger partial charge in [0.25, 0.3) is 0 Å². The van der Waals surface area contributed by atoms with E-state index in [9.17, 15) is 15.0 Å². The Morgan fingerprint density at radius 2 is 1.91 bits per heavy atom. The van der Waals surface area contributed by atoms with E-state index >= 15 is 0 Å². The lowest BCUT2D eigenvalue weighted by molar-refractivity contribution is 0.00791. The number of aliphatic hydroxyl groups is 1. The smallest absolute Gasteiger partial charge is 0.314 e. The normalized spacial score (nSPS) is 14.9. The molecule has 2 unspecified atom stereocenters. The molecule has 2 atom stereocenters. The number of phenols is 1. The van der Waals surface area contributed by atoms with Gasteiger partial charge in [-0.25, -0.2) is 4.79 Å². The van der Waals surface area contributed by atoms with Gasteiger partial charge in [0, 0.05) is 13.1 Å². The Kier molecular flexibility index (Phi) is 7.18. The second kappa shape index (κ2) is 8.63. The van der Waals surface area contributed by atoms with Gasteiger partial charge in [0.2, 0.25) is 0 Å². The SMILES string of the molecule is CCC(C)C(C)(O)CNC(=O)NCCCc1ccc(O)cc1. The van der Waals surface area contributed by atoms with Gasteiger partial charge in [-0.1, -0.05) is 32.4 Å². The first-order valence-electron chi connectivity index (χ1n) is 7.87. The molecule has 0 saturated carbocycles. The van der Waals surface area contributed by atoms with Crippen molar-refractivity contribution in [1.82, 2.24) is 10.6 Å². The fourth-order valence-corrected chi connectivity index (χ4v) is 2.09. The highest BCUT2D eigenvalue weighted by Crippen LogP contribution is 2.18. The summed E-state index contributed by atoms with van der Waals surface area (Å²) >= 11 is 0. The quantitative estimate of drug-likeness (QED) is 0.557. The van der Waals surface area contributed by atoms with Crippen molar-refractivity contribution in [3.05, 3.63) is 29.8 Å². The van der Waals surface area contributed by atoms with E-state index in [0.717, 1.165) is 24.8 Å². The van der Waals surface area contributed by atoms with Crippen LogP contribution in [0.3, 0.4) is 0 Å². The van der Waals surface area contributed by atoms with Gasteiger partial charge in [-0.15, -0.1) is 0 Å². The molecule has 0 fully saturated rings. The van der Waals surface area contributed by atoms with Crippen LogP contribution >= 0.6 is 0 Å². The van der Waals surface area contributed by atoms with Crippen LogP contribution in [-0.4, -0.2) is 34.9 Å². The summed E-state index contributed by atoms with van der Waals surface area (Å²) in [5.74, 6) is 0.386. The number of urea groups is 1. The monoisotopic (exact) mass is 308 g/mol. The second-order valence-electron chi connectivity index (χ2n) is 6.05. The number of amides is 2. The molecule has 0 aliphatic carbocycles. The van der Waals surface area contributed by atoms with Crippen molar-refractivity contribution >= 4 is 6.03 Å². The van der Waals surface area contributed by atoms with Crippen LogP contribution in [0.2, 0.25) is 0 Å². The third-order valence-corrected chi connectivity index (χ3v) is 4.14. The van der Waals surface area contributed by atoms with Gasteiger partial charge < -0.3 is 20.8 Å². The molecule has 1 rings (SSSR count). The topological polar surface area (TPSA) is 81.6 Å². The number of phenolic OH excluding ortho intramolecular Hbond substituents is 1. The number of carbonyl (C=O) groups is 1. The minimum Gasteiger partial charge on any atom is -0.508 e. The van der Waals surface area contributed by atoms with Crippen molar-refractivity contribution in [2.45, 2.75) is 45.6 Å². The van der Waals surface area contributed by atoms with E-state index in [1.54, 1.807) is 19.1 Å². The lowest BCUT2D eigenvalue weighted by atomic mass is 9.89. The van der Waals surface area contributed by atoms with Crippen molar-refractivity contribution < 1.29 is 15.0 Å². The molecule has 0 aromatic heterocycles. The molecule has 124 valence electrons. The van der Waals surface area contributed by atoms with Gasteiger partial charge >= 0.3 is 6.03 Å². The van der Waals surface area contributed by atoms with Crippen LogP contribution in [0, 0.1) is 5.92 Å². The molecule has 5 nitrogen and oxygen atoms in total. The maximum atomic E-state index is 11.7. The zero-order chi connectivity index (χ0) is 16.6. The van der Waals surface area contributed by atoms with Crippen molar-refractivity contribution in [1.29, 1.82) is 0 Å². The molecule has 0 heterocycles. The highest BCUT2D eigenvalue weighted by Gasteiger charge is 2.27. The predicted octanol–water partition coefficient (Wildman–Crippen LogP) is 2.42. The van der Waals surface area contributed by atoms with Gasteiger partial charge in [0.05, 0.1) is 5.60 Å². The molecule has 1 aromatic carbocycles. The van der Waals surface area contributed by atoms with Crippen LogP contribution in [-0.2, 0) is 6.42 Å².